The summed E-state index contributed by atoms with van der Waals surface area (Å²) in [6.07, 6.45) is 1.74. The van der Waals surface area contributed by atoms with Gasteiger partial charge in [-0.25, -0.2) is 12.7 Å². The van der Waals surface area contributed by atoms with E-state index in [-0.39, 0.29) is 16.9 Å². The van der Waals surface area contributed by atoms with Gasteiger partial charge in [-0.05, 0) is 24.5 Å². The van der Waals surface area contributed by atoms with Crippen LogP contribution in [0.25, 0.3) is 0 Å². The summed E-state index contributed by atoms with van der Waals surface area (Å²) < 4.78 is 37.2. The molecule has 1 saturated heterocycles. The highest BCUT2D eigenvalue weighted by Gasteiger charge is 2.22. The van der Waals surface area contributed by atoms with Crippen molar-refractivity contribution >= 4 is 27.7 Å². The van der Waals surface area contributed by atoms with Gasteiger partial charge in [0.1, 0.15) is 0 Å². The van der Waals surface area contributed by atoms with Crippen molar-refractivity contribution in [2.75, 3.05) is 52.0 Å². The summed E-state index contributed by atoms with van der Waals surface area (Å²) >= 11 is 1.58. The lowest BCUT2D eigenvalue weighted by Crippen LogP contribution is -2.39. The Morgan fingerprint density at radius 2 is 2.20 bits per heavy atom. The van der Waals surface area contributed by atoms with Gasteiger partial charge in [0.2, 0.25) is 10.0 Å². The predicted molar refractivity (Wildman–Crippen MR) is 97.5 cm³/mol. The van der Waals surface area contributed by atoms with E-state index in [1.807, 2.05) is 6.26 Å². The number of carbonyl (C=O) groups is 1. The SMILES string of the molecule is CSCCN(C)S(=O)(=O)c1cccc(C(=O)NC[C@H]2COCCO2)c1. The molecule has 1 aliphatic heterocycles. The van der Waals surface area contributed by atoms with Gasteiger partial charge in [-0.3, -0.25) is 4.79 Å². The van der Waals surface area contributed by atoms with E-state index < -0.39 is 10.0 Å². The second-order valence-corrected chi connectivity index (χ2v) is 8.66. The van der Waals surface area contributed by atoms with E-state index in [1.54, 1.807) is 30.9 Å². The van der Waals surface area contributed by atoms with Gasteiger partial charge in [0.15, 0.2) is 0 Å². The van der Waals surface area contributed by atoms with Crippen LogP contribution in [-0.2, 0) is 19.5 Å². The second-order valence-electron chi connectivity index (χ2n) is 5.62. The first kappa shape index (κ1) is 20.2. The number of carbonyl (C=O) groups excluding carboxylic acids is 1. The largest absolute Gasteiger partial charge is 0.376 e. The standard InChI is InChI=1S/C16H24N2O5S2/c1-18(6-9-24-2)25(20,21)15-5-3-4-13(10-15)16(19)17-11-14-12-22-7-8-23-14/h3-5,10,14H,6-9,11-12H2,1-2H3,(H,17,19)/t14-/m0/s1. The lowest BCUT2D eigenvalue weighted by Gasteiger charge is -2.23. The minimum atomic E-state index is -3.61. The maximum atomic E-state index is 12.6. The molecule has 25 heavy (non-hydrogen) atoms. The Labute approximate surface area is 153 Å². The molecule has 0 aromatic heterocycles. The van der Waals surface area contributed by atoms with Crippen molar-refractivity contribution in [2.45, 2.75) is 11.0 Å². The zero-order chi connectivity index (χ0) is 18.3. The maximum absolute atomic E-state index is 12.6. The highest BCUT2D eigenvalue weighted by molar-refractivity contribution is 7.98. The number of amides is 1. The van der Waals surface area contributed by atoms with Crippen LogP contribution in [0.2, 0.25) is 0 Å². The molecule has 0 bridgehead atoms. The molecule has 0 radical (unpaired) electrons. The Morgan fingerprint density at radius 3 is 2.88 bits per heavy atom. The number of benzene rings is 1. The van der Waals surface area contributed by atoms with Crippen molar-refractivity contribution in [1.82, 2.24) is 9.62 Å². The molecule has 1 atom stereocenters. The molecule has 9 heteroatoms. The van der Waals surface area contributed by atoms with Gasteiger partial charge in [0.25, 0.3) is 5.91 Å². The first-order valence-corrected chi connectivity index (χ1v) is 10.8. The van der Waals surface area contributed by atoms with Gasteiger partial charge in [-0.2, -0.15) is 11.8 Å². The molecule has 140 valence electrons. The molecule has 1 aromatic rings. The molecule has 0 saturated carbocycles. The Balaban J connectivity index is 2.02. The first-order chi connectivity index (χ1) is 11.9. The third kappa shape index (κ3) is 5.68. The maximum Gasteiger partial charge on any atom is 0.251 e. The highest BCUT2D eigenvalue weighted by Crippen LogP contribution is 2.16. The molecule has 1 aliphatic rings. The second kappa shape index (κ2) is 9.54. The van der Waals surface area contributed by atoms with E-state index in [4.69, 9.17) is 9.47 Å². The number of sulfonamides is 1. The molecule has 7 nitrogen and oxygen atoms in total. The third-order valence-electron chi connectivity index (χ3n) is 3.79. The lowest BCUT2D eigenvalue weighted by molar-refractivity contribution is -0.0855. The monoisotopic (exact) mass is 388 g/mol. The molecule has 1 fully saturated rings. The minimum Gasteiger partial charge on any atom is -0.376 e. The summed E-state index contributed by atoms with van der Waals surface area (Å²) in [7, 11) is -2.07. The van der Waals surface area contributed by atoms with Crippen molar-refractivity contribution in [2.24, 2.45) is 0 Å². The Hall–Kier alpha value is -1.13. The predicted octanol–water partition coefficient (Wildman–Crippen LogP) is 0.815. The van der Waals surface area contributed by atoms with E-state index in [1.165, 1.54) is 16.4 Å². The molecule has 2 rings (SSSR count). The summed E-state index contributed by atoms with van der Waals surface area (Å²) in [5, 5.41) is 2.76. The van der Waals surface area contributed by atoms with Gasteiger partial charge in [-0.1, -0.05) is 6.07 Å². The molecular formula is C16H24N2O5S2. The third-order valence-corrected chi connectivity index (χ3v) is 6.23. The van der Waals surface area contributed by atoms with Crippen molar-refractivity contribution < 1.29 is 22.7 Å². The molecular weight excluding hydrogens is 364 g/mol. The van der Waals surface area contributed by atoms with E-state index >= 15 is 0 Å². The Bertz CT molecular complexity index is 675. The van der Waals surface area contributed by atoms with E-state index in [9.17, 15) is 13.2 Å². The van der Waals surface area contributed by atoms with Crippen molar-refractivity contribution in [3.05, 3.63) is 29.8 Å². The molecule has 0 unspecified atom stereocenters. The number of rotatable bonds is 8. The summed E-state index contributed by atoms with van der Waals surface area (Å²) in [5.41, 5.74) is 0.302. The van der Waals surface area contributed by atoms with Gasteiger partial charge in [0, 0.05) is 31.5 Å². The Kier molecular flexibility index (Phi) is 7.70. The summed E-state index contributed by atoms with van der Waals surface area (Å²) in [4.78, 5) is 12.4. The van der Waals surface area contributed by atoms with E-state index in [2.05, 4.69) is 5.32 Å². The van der Waals surface area contributed by atoms with Gasteiger partial charge < -0.3 is 14.8 Å². The zero-order valence-electron chi connectivity index (χ0n) is 14.4. The molecule has 1 aromatic carbocycles. The van der Waals surface area contributed by atoms with Crippen LogP contribution in [0.1, 0.15) is 10.4 Å². The number of nitrogens with one attached hydrogen (secondary N) is 1. The summed E-state index contributed by atoms with van der Waals surface area (Å²) in [6.45, 7) is 2.25. The van der Waals surface area contributed by atoms with Crippen LogP contribution in [0.5, 0.6) is 0 Å². The molecule has 0 spiro atoms. The molecule has 0 aliphatic carbocycles. The number of hydrogen-bond donors (Lipinski definition) is 1. The molecule has 1 amide bonds. The van der Waals surface area contributed by atoms with Crippen molar-refractivity contribution in [3.8, 4) is 0 Å². The summed E-state index contributed by atoms with van der Waals surface area (Å²) in [6, 6.07) is 6.07. The Morgan fingerprint density at radius 1 is 1.40 bits per heavy atom. The first-order valence-electron chi connectivity index (χ1n) is 7.98. The fourth-order valence-corrected chi connectivity index (χ4v) is 4.07. The van der Waals surface area contributed by atoms with E-state index in [0.717, 1.165) is 0 Å². The van der Waals surface area contributed by atoms with E-state index in [0.29, 0.717) is 44.2 Å². The number of nitrogens with zero attached hydrogens (tertiary/aromatic N) is 1. The normalized spacial score (nSPS) is 18.3. The van der Waals surface area contributed by atoms with Crippen LogP contribution in [-0.4, -0.2) is 76.7 Å². The fourth-order valence-electron chi connectivity index (χ4n) is 2.28. The molecule has 1 N–H and O–H groups in total. The van der Waals surface area contributed by atoms with Crippen LogP contribution in [0.3, 0.4) is 0 Å². The van der Waals surface area contributed by atoms with Crippen LogP contribution in [0, 0.1) is 0 Å². The fraction of sp³-hybridized carbons (Fsp3) is 0.562. The highest BCUT2D eigenvalue weighted by atomic mass is 32.2. The van der Waals surface area contributed by atoms with Crippen molar-refractivity contribution in [1.29, 1.82) is 0 Å². The average molecular weight is 389 g/mol. The smallest absolute Gasteiger partial charge is 0.251 e. The number of hydrogen-bond acceptors (Lipinski definition) is 6. The van der Waals surface area contributed by atoms with Crippen LogP contribution in [0.15, 0.2) is 29.2 Å². The topological polar surface area (TPSA) is 84.9 Å². The summed E-state index contributed by atoms with van der Waals surface area (Å²) in [5.74, 6) is 0.373. The quantitative estimate of drug-likeness (QED) is 0.710. The zero-order valence-corrected chi connectivity index (χ0v) is 16.1. The minimum absolute atomic E-state index is 0.112. The van der Waals surface area contributed by atoms with Crippen LogP contribution in [0.4, 0.5) is 0 Å². The lowest BCUT2D eigenvalue weighted by atomic mass is 10.2. The van der Waals surface area contributed by atoms with Gasteiger partial charge >= 0.3 is 0 Å². The van der Waals surface area contributed by atoms with Crippen LogP contribution >= 0.6 is 11.8 Å². The van der Waals surface area contributed by atoms with Crippen LogP contribution < -0.4 is 5.32 Å². The van der Waals surface area contributed by atoms with Gasteiger partial charge in [-0.15, -0.1) is 0 Å². The number of thioether (sulfide) groups is 1. The van der Waals surface area contributed by atoms with Crippen molar-refractivity contribution in [3.63, 3.8) is 0 Å². The number of ether oxygens (including phenoxy) is 2. The average Bonchev–Trinajstić information content (AvgIpc) is 2.65. The van der Waals surface area contributed by atoms with Gasteiger partial charge in [0.05, 0.1) is 30.8 Å². The molecule has 1 heterocycles.